The van der Waals surface area contributed by atoms with E-state index in [0.717, 1.165) is 0 Å². The maximum atomic E-state index is 2.48. The van der Waals surface area contributed by atoms with Crippen LogP contribution in [0.5, 0.6) is 0 Å². The zero-order chi connectivity index (χ0) is 36.9. The van der Waals surface area contributed by atoms with Crippen molar-refractivity contribution in [2.45, 2.75) is 0 Å². The Morgan fingerprint density at radius 2 is 0.696 bits per heavy atom. The average molecular weight is 826 g/mol. The van der Waals surface area contributed by atoms with E-state index >= 15 is 0 Å². The molecule has 0 saturated carbocycles. The lowest BCUT2D eigenvalue weighted by Gasteiger charge is -2.09. The number of halogens is 1. The molecule has 0 aliphatic heterocycles. The fourth-order valence-corrected chi connectivity index (χ4v) is 9.90. The molecule has 0 spiro atoms. The van der Waals surface area contributed by atoms with Crippen LogP contribution in [0, 0.1) is 0 Å². The van der Waals surface area contributed by atoms with E-state index in [-0.39, 0.29) is 0 Å². The molecule has 0 unspecified atom stereocenters. The van der Waals surface area contributed by atoms with E-state index in [4.69, 9.17) is 0 Å². The molecule has 3 aromatic heterocycles. The molecule has 0 N–H and O–H groups in total. The highest BCUT2D eigenvalue weighted by atomic mass is 127. The van der Waals surface area contributed by atoms with Crippen LogP contribution in [-0.2, 0) is 0 Å². The van der Waals surface area contributed by atoms with Gasteiger partial charge in [-0.1, -0.05) is 115 Å². The Hall–Kier alpha value is -6.63. The predicted octanol–water partition coefficient (Wildman–Crippen LogP) is 14.7. The summed E-state index contributed by atoms with van der Waals surface area (Å²) in [7, 11) is 0. The summed E-state index contributed by atoms with van der Waals surface area (Å²) in [5, 5.41) is 10.1. The van der Waals surface area contributed by atoms with Crippen LogP contribution < -0.4 is 0 Å². The van der Waals surface area contributed by atoms with Crippen molar-refractivity contribution in [3.05, 3.63) is 194 Å². The van der Waals surface area contributed by atoms with Gasteiger partial charge >= 0.3 is 0 Å². The van der Waals surface area contributed by atoms with Crippen molar-refractivity contribution in [3.8, 4) is 33.6 Å². The Morgan fingerprint density at radius 3 is 1.38 bits per heavy atom. The van der Waals surface area contributed by atoms with E-state index in [2.05, 4.69) is 229 Å². The molecule has 3 nitrogen and oxygen atoms in total. The van der Waals surface area contributed by atoms with Gasteiger partial charge in [0.05, 0.1) is 56.0 Å². The second-order valence-electron chi connectivity index (χ2n) is 14.8. The second-order valence-corrected chi connectivity index (χ2v) is 15.7. The van der Waals surface area contributed by atoms with Gasteiger partial charge in [0.2, 0.25) is 0 Å². The monoisotopic (exact) mass is 825 g/mol. The number of benzene rings is 9. The highest BCUT2D eigenvalue weighted by Crippen LogP contribution is 2.41. The zero-order valence-corrected chi connectivity index (χ0v) is 32.4. The molecular weight excluding hydrogens is 793 g/mol. The largest absolute Gasteiger partial charge is 0.309 e. The van der Waals surface area contributed by atoms with Crippen LogP contribution in [0.2, 0.25) is 0 Å². The van der Waals surface area contributed by atoms with Gasteiger partial charge in [-0.25, -0.2) is 0 Å². The quantitative estimate of drug-likeness (QED) is 0.157. The minimum absolute atomic E-state index is 1.17. The topological polar surface area (TPSA) is 14.8 Å². The number of rotatable bonds is 4. The molecule has 0 radical (unpaired) electrons. The molecule has 0 amide bonds. The first-order valence-corrected chi connectivity index (χ1v) is 20.0. The van der Waals surface area contributed by atoms with Crippen molar-refractivity contribution >= 4 is 99.1 Å². The number of para-hydroxylation sites is 3. The third-order valence-corrected chi connectivity index (χ3v) is 12.7. The molecule has 0 aliphatic rings. The van der Waals surface area contributed by atoms with Crippen LogP contribution in [0.4, 0.5) is 0 Å². The van der Waals surface area contributed by atoms with E-state index in [1.807, 2.05) is 0 Å². The first kappa shape index (κ1) is 31.7. The number of nitrogens with zero attached hydrogens (tertiary/aromatic N) is 3. The molecule has 3 heterocycles. The Morgan fingerprint density at radius 1 is 0.268 bits per heavy atom. The summed E-state index contributed by atoms with van der Waals surface area (Å²) in [5.74, 6) is 0. The maximum absolute atomic E-state index is 2.48. The fraction of sp³-hybridized carbons (Fsp3) is 0. The summed E-state index contributed by atoms with van der Waals surface area (Å²) in [4.78, 5) is 0. The van der Waals surface area contributed by atoms with Crippen LogP contribution >= 0.6 is 22.9 Å². The third kappa shape index (κ3) is 4.69. The van der Waals surface area contributed by atoms with Crippen molar-refractivity contribution in [1.29, 1.82) is 0 Å². The normalized spacial score (nSPS) is 12.0. The van der Waals surface area contributed by atoms with E-state index in [9.17, 15) is 0 Å². The first-order valence-electron chi connectivity index (χ1n) is 19.0. The van der Waals surface area contributed by atoms with E-state index < -0.39 is 0 Å². The van der Waals surface area contributed by atoms with Gasteiger partial charge in [0, 0.05) is 43.7 Å². The minimum atomic E-state index is 1.17. The van der Waals surface area contributed by atoms with Crippen molar-refractivity contribution in [3.63, 3.8) is 0 Å². The highest BCUT2D eigenvalue weighted by Gasteiger charge is 2.18. The van der Waals surface area contributed by atoms with Crippen LogP contribution in [0.1, 0.15) is 0 Å². The standard InChI is InChI=1S/C52H32IN3/c53-56-49-26-22-36(35-21-25-48-45(29-35)46-27-33-11-7-8-12-34(33)30-51(46)55(48)40-15-5-2-6-16-40)28-44(49)43-24-20-38(32-52(43)56)37-19-23-42-41-17-9-10-18-47(41)54(50(42)31-37)39-13-3-1-4-14-39/h1-32H. The van der Waals surface area contributed by atoms with Gasteiger partial charge < -0.3 is 9.13 Å². The van der Waals surface area contributed by atoms with Gasteiger partial charge in [0.1, 0.15) is 0 Å². The van der Waals surface area contributed by atoms with Crippen LogP contribution in [0.3, 0.4) is 0 Å². The van der Waals surface area contributed by atoms with Crippen LogP contribution in [0.25, 0.3) is 110 Å². The fourth-order valence-electron chi connectivity index (χ4n) is 9.08. The lowest BCUT2D eigenvalue weighted by Crippen LogP contribution is -1.93. The van der Waals surface area contributed by atoms with E-state index in [1.165, 1.54) is 110 Å². The number of hydrogen-bond acceptors (Lipinski definition) is 0. The van der Waals surface area contributed by atoms with Gasteiger partial charge in [0.25, 0.3) is 0 Å². The number of hydrogen-bond donors (Lipinski definition) is 0. The summed E-state index contributed by atoms with van der Waals surface area (Å²) in [6.07, 6.45) is 0. The maximum Gasteiger partial charge on any atom is 0.0646 e. The van der Waals surface area contributed by atoms with Gasteiger partial charge in [-0.15, -0.1) is 0 Å². The lowest BCUT2D eigenvalue weighted by atomic mass is 9.99. The van der Waals surface area contributed by atoms with E-state index in [1.54, 1.807) is 0 Å². The molecule has 0 fully saturated rings. The smallest absolute Gasteiger partial charge is 0.0646 e. The van der Waals surface area contributed by atoms with Crippen molar-refractivity contribution in [2.24, 2.45) is 0 Å². The first-order chi connectivity index (χ1) is 27.7. The molecular formula is C52H32IN3. The lowest BCUT2D eigenvalue weighted by molar-refractivity contribution is 1.18. The minimum Gasteiger partial charge on any atom is -0.309 e. The molecule has 12 aromatic rings. The van der Waals surface area contributed by atoms with Gasteiger partial charge in [-0.3, -0.25) is 2.78 Å². The Balaban J connectivity index is 0.997. The molecule has 12 rings (SSSR count). The summed E-state index contributed by atoms with van der Waals surface area (Å²) in [6.45, 7) is 0. The second kappa shape index (κ2) is 12.2. The summed E-state index contributed by atoms with van der Waals surface area (Å²) in [6, 6.07) is 71.3. The van der Waals surface area contributed by atoms with Crippen molar-refractivity contribution < 1.29 is 0 Å². The summed E-state index contributed by atoms with van der Waals surface area (Å²) >= 11 is 2.48. The van der Waals surface area contributed by atoms with Gasteiger partial charge in [0.15, 0.2) is 0 Å². The Labute approximate surface area is 336 Å². The molecule has 4 heteroatoms. The molecule has 0 aliphatic carbocycles. The Kier molecular flexibility index (Phi) is 6.90. The van der Waals surface area contributed by atoms with Crippen molar-refractivity contribution in [1.82, 2.24) is 11.9 Å². The molecule has 0 atom stereocenters. The van der Waals surface area contributed by atoms with Gasteiger partial charge in [-0.05, 0) is 112 Å². The average Bonchev–Trinajstić information content (AvgIpc) is 3.87. The molecule has 0 bridgehead atoms. The molecule has 262 valence electrons. The van der Waals surface area contributed by atoms with Crippen molar-refractivity contribution in [2.75, 3.05) is 0 Å². The van der Waals surface area contributed by atoms with E-state index in [0.29, 0.717) is 0 Å². The van der Waals surface area contributed by atoms with Crippen LogP contribution in [0.15, 0.2) is 194 Å². The SMILES string of the molecule is In1c2ccc(-c3ccc4c(c3)c3cc5ccccc5cc3n4-c3ccccc3)cc2c2ccc(-c3ccc4c5ccccc5n(-c5ccccc5)c4c3)cc21. The third-order valence-electron chi connectivity index (χ3n) is 11.7. The Bertz CT molecular complexity index is 3530. The number of fused-ring (bicyclic) bond motifs is 10. The summed E-state index contributed by atoms with van der Waals surface area (Å²) in [5.41, 5.74) is 14.5. The number of aromatic nitrogens is 3. The van der Waals surface area contributed by atoms with Crippen LogP contribution in [-0.4, -0.2) is 11.9 Å². The zero-order valence-electron chi connectivity index (χ0n) is 30.2. The molecule has 0 saturated heterocycles. The predicted molar refractivity (Wildman–Crippen MR) is 246 cm³/mol. The molecule has 9 aromatic carbocycles. The van der Waals surface area contributed by atoms with Gasteiger partial charge in [-0.2, -0.15) is 0 Å². The molecule has 56 heavy (non-hydrogen) atoms. The highest BCUT2D eigenvalue weighted by molar-refractivity contribution is 14.1. The summed E-state index contributed by atoms with van der Waals surface area (Å²) < 4.78 is 7.11.